The Morgan fingerprint density at radius 2 is 2.11 bits per heavy atom. The number of likely N-dealkylation sites (tertiary alicyclic amines) is 1. The molecule has 1 amide bonds. The summed E-state index contributed by atoms with van der Waals surface area (Å²) >= 11 is 1.72. The molecule has 3 heterocycles. The Bertz CT molecular complexity index is 782. The van der Waals surface area contributed by atoms with Gasteiger partial charge >= 0.3 is 0 Å². The van der Waals surface area contributed by atoms with Gasteiger partial charge in [-0.2, -0.15) is 0 Å². The van der Waals surface area contributed by atoms with E-state index in [1.54, 1.807) is 16.2 Å². The minimum Gasteiger partial charge on any atom is -0.487 e. The Labute approximate surface area is 165 Å². The third kappa shape index (κ3) is 4.01. The number of carbonyl (C=O) groups is 1. The first-order chi connectivity index (χ1) is 13.0. The molecule has 27 heavy (non-hydrogen) atoms. The molecule has 0 saturated carbocycles. The van der Waals surface area contributed by atoms with Gasteiger partial charge in [-0.1, -0.05) is 18.2 Å². The van der Waals surface area contributed by atoms with Crippen molar-refractivity contribution in [2.75, 3.05) is 27.2 Å². The van der Waals surface area contributed by atoms with E-state index in [0.717, 1.165) is 44.6 Å². The van der Waals surface area contributed by atoms with Crippen LogP contribution in [0, 0.1) is 0 Å². The Morgan fingerprint density at radius 1 is 1.33 bits per heavy atom. The molecule has 4 rings (SSSR count). The summed E-state index contributed by atoms with van der Waals surface area (Å²) in [5.41, 5.74) is 1.04. The van der Waals surface area contributed by atoms with E-state index in [2.05, 4.69) is 22.0 Å². The molecule has 1 saturated heterocycles. The maximum Gasteiger partial charge on any atom is 0.222 e. The van der Waals surface area contributed by atoms with E-state index in [1.165, 1.54) is 10.6 Å². The number of para-hydroxylation sites is 1. The second kappa shape index (κ2) is 7.60. The molecule has 0 N–H and O–H groups in total. The van der Waals surface area contributed by atoms with Gasteiger partial charge in [0, 0.05) is 51.1 Å². The zero-order valence-electron chi connectivity index (χ0n) is 16.1. The van der Waals surface area contributed by atoms with Crippen molar-refractivity contribution in [3.8, 4) is 5.75 Å². The summed E-state index contributed by atoms with van der Waals surface area (Å²) in [5, 5.41) is 3.21. The number of hydrogen-bond donors (Lipinski definition) is 0. The standard InChI is InChI=1S/C21H27N3O2S/c1-23(2)20(25)13-16-14-21(26-18-6-4-3-5-17(16)18)7-10-24(11-8-21)15-19-22-9-12-27-19/h3-6,9,12,16H,7-8,10-11,13-15H2,1-2H3/t16-/m1/s1. The minimum absolute atomic E-state index is 0.148. The SMILES string of the molecule is CN(C)C(=O)C[C@@H]1CC2(CCN(Cc3nccs3)CC2)Oc2ccccc21. The van der Waals surface area contributed by atoms with E-state index in [9.17, 15) is 4.79 Å². The van der Waals surface area contributed by atoms with Gasteiger partial charge < -0.3 is 9.64 Å². The fourth-order valence-electron chi connectivity index (χ4n) is 4.27. The van der Waals surface area contributed by atoms with Crippen molar-refractivity contribution < 1.29 is 9.53 Å². The van der Waals surface area contributed by atoms with Gasteiger partial charge in [0.15, 0.2) is 0 Å². The highest BCUT2D eigenvalue weighted by molar-refractivity contribution is 7.09. The van der Waals surface area contributed by atoms with E-state index in [4.69, 9.17) is 4.74 Å². The molecule has 1 atom stereocenters. The number of rotatable bonds is 4. The van der Waals surface area contributed by atoms with Crippen LogP contribution in [-0.4, -0.2) is 53.5 Å². The molecular formula is C21H27N3O2S. The van der Waals surface area contributed by atoms with Crippen LogP contribution in [0.2, 0.25) is 0 Å². The van der Waals surface area contributed by atoms with Gasteiger partial charge in [-0.15, -0.1) is 11.3 Å². The molecule has 0 aliphatic carbocycles. The van der Waals surface area contributed by atoms with Gasteiger partial charge in [-0.05, 0) is 30.9 Å². The van der Waals surface area contributed by atoms with Crippen LogP contribution in [0.4, 0.5) is 0 Å². The van der Waals surface area contributed by atoms with Crippen molar-refractivity contribution in [1.29, 1.82) is 0 Å². The highest BCUT2D eigenvalue weighted by Gasteiger charge is 2.43. The summed E-state index contributed by atoms with van der Waals surface area (Å²) in [6.45, 7) is 2.94. The first-order valence-electron chi connectivity index (χ1n) is 9.63. The van der Waals surface area contributed by atoms with Crippen molar-refractivity contribution in [1.82, 2.24) is 14.8 Å². The number of piperidine rings is 1. The summed E-state index contributed by atoms with van der Waals surface area (Å²) < 4.78 is 6.55. The van der Waals surface area contributed by atoms with Crippen LogP contribution in [0.3, 0.4) is 0 Å². The molecule has 5 nitrogen and oxygen atoms in total. The first kappa shape index (κ1) is 18.4. The van der Waals surface area contributed by atoms with E-state index in [0.29, 0.717) is 6.42 Å². The van der Waals surface area contributed by atoms with Crippen LogP contribution in [-0.2, 0) is 11.3 Å². The summed E-state index contributed by atoms with van der Waals surface area (Å²) in [6.07, 6.45) is 5.35. The maximum atomic E-state index is 12.4. The summed E-state index contributed by atoms with van der Waals surface area (Å²) in [4.78, 5) is 21.0. The summed E-state index contributed by atoms with van der Waals surface area (Å²) in [5.74, 6) is 1.39. The molecule has 2 aliphatic heterocycles. The summed E-state index contributed by atoms with van der Waals surface area (Å²) in [7, 11) is 3.67. The lowest BCUT2D eigenvalue weighted by Crippen LogP contribution is -2.50. The number of amides is 1. The van der Waals surface area contributed by atoms with Crippen molar-refractivity contribution in [3.63, 3.8) is 0 Å². The average Bonchev–Trinajstić information content (AvgIpc) is 3.17. The lowest BCUT2D eigenvalue weighted by Gasteiger charge is -2.47. The normalized spacial score (nSPS) is 21.5. The lowest BCUT2D eigenvalue weighted by atomic mass is 9.76. The zero-order valence-corrected chi connectivity index (χ0v) is 16.9. The molecule has 144 valence electrons. The third-order valence-electron chi connectivity index (χ3n) is 5.83. The van der Waals surface area contributed by atoms with Crippen molar-refractivity contribution in [3.05, 3.63) is 46.4 Å². The number of carbonyl (C=O) groups excluding carboxylic acids is 1. The van der Waals surface area contributed by atoms with Crippen LogP contribution in [0.25, 0.3) is 0 Å². The number of fused-ring (bicyclic) bond motifs is 1. The number of hydrogen-bond acceptors (Lipinski definition) is 5. The Hall–Kier alpha value is -1.92. The molecule has 2 aliphatic rings. The summed E-state index contributed by atoms with van der Waals surface area (Å²) in [6, 6.07) is 8.25. The van der Waals surface area contributed by atoms with E-state index < -0.39 is 0 Å². The maximum absolute atomic E-state index is 12.4. The number of ether oxygens (including phenoxy) is 1. The van der Waals surface area contributed by atoms with Gasteiger partial charge in [0.25, 0.3) is 0 Å². The van der Waals surface area contributed by atoms with E-state index >= 15 is 0 Å². The smallest absolute Gasteiger partial charge is 0.222 e. The first-order valence-corrected chi connectivity index (χ1v) is 10.5. The fraction of sp³-hybridized carbons (Fsp3) is 0.524. The molecule has 0 bridgehead atoms. The molecular weight excluding hydrogens is 358 g/mol. The molecule has 2 aromatic rings. The van der Waals surface area contributed by atoms with E-state index in [-0.39, 0.29) is 17.4 Å². The van der Waals surface area contributed by atoms with Gasteiger partial charge in [0.05, 0.1) is 6.54 Å². The lowest BCUT2D eigenvalue weighted by molar-refractivity contribution is -0.129. The number of aromatic nitrogens is 1. The third-order valence-corrected chi connectivity index (χ3v) is 6.60. The van der Waals surface area contributed by atoms with Crippen LogP contribution < -0.4 is 4.74 Å². The molecule has 1 spiro atoms. The van der Waals surface area contributed by atoms with Gasteiger partial charge in [-0.3, -0.25) is 9.69 Å². The zero-order chi connectivity index (χ0) is 18.9. The Morgan fingerprint density at radius 3 is 2.81 bits per heavy atom. The van der Waals surface area contributed by atoms with E-state index in [1.807, 2.05) is 37.8 Å². The quantitative estimate of drug-likeness (QED) is 0.808. The number of nitrogens with zero attached hydrogens (tertiary/aromatic N) is 3. The number of benzene rings is 1. The second-order valence-corrected chi connectivity index (χ2v) is 8.90. The topological polar surface area (TPSA) is 45.7 Å². The van der Waals surface area contributed by atoms with Crippen molar-refractivity contribution in [2.24, 2.45) is 0 Å². The largest absolute Gasteiger partial charge is 0.487 e. The predicted molar refractivity (Wildman–Crippen MR) is 107 cm³/mol. The van der Waals surface area contributed by atoms with Crippen LogP contribution >= 0.6 is 11.3 Å². The van der Waals surface area contributed by atoms with Gasteiger partial charge in [0.1, 0.15) is 16.4 Å². The molecule has 1 aromatic carbocycles. The second-order valence-electron chi connectivity index (χ2n) is 7.92. The van der Waals surface area contributed by atoms with Gasteiger partial charge in [-0.25, -0.2) is 4.98 Å². The highest BCUT2D eigenvalue weighted by Crippen LogP contribution is 2.46. The van der Waals surface area contributed by atoms with Crippen LogP contribution in [0.1, 0.15) is 42.2 Å². The Kier molecular flexibility index (Phi) is 5.19. The monoisotopic (exact) mass is 385 g/mol. The molecule has 1 aromatic heterocycles. The highest BCUT2D eigenvalue weighted by atomic mass is 32.1. The average molecular weight is 386 g/mol. The predicted octanol–water partition coefficient (Wildman–Crippen LogP) is 3.52. The van der Waals surface area contributed by atoms with Crippen molar-refractivity contribution in [2.45, 2.75) is 43.7 Å². The Balaban J connectivity index is 1.48. The molecule has 6 heteroatoms. The minimum atomic E-state index is -0.148. The molecule has 0 unspecified atom stereocenters. The van der Waals surface area contributed by atoms with Crippen LogP contribution in [0.5, 0.6) is 5.75 Å². The van der Waals surface area contributed by atoms with Crippen LogP contribution in [0.15, 0.2) is 35.8 Å². The number of thiazole rings is 1. The molecule has 0 radical (unpaired) electrons. The van der Waals surface area contributed by atoms with Crippen molar-refractivity contribution >= 4 is 17.2 Å². The fourth-order valence-corrected chi connectivity index (χ4v) is 4.92. The van der Waals surface area contributed by atoms with Gasteiger partial charge in [0.2, 0.25) is 5.91 Å². The molecule has 1 fully saturated rings.